The van der Waals surface area contributed by atoms with Gasteiger partial charge >= 0.3 is 0 Å². The molecule has 0 aromatic heterocycles. The average molecular weight is 321 g/mol. The molecule has 0 aliphatic carbocycles. The fraction of sp³-hybridized carbons (Fsp3) is 0.529. The zero-order valence-electron chi connectivity index (χ0n) is 12.9. The van der Waals surface area contributed by atoms with E-state index in [1.807, 2.05) is 0 Å². The monoisotopic (exact) mass is 321 g/mol. The Morgan fingerprint density at radius 1 is 1.17 bits per heavy atom. The summed E-state index contributed by atoms with van der Waals surface area (Å²) >= 11 is 0. The third-order valence-electron chi connectivity index (χ3n) is 5.15. The molecular weight excluding hydrogens is 300 g/mol. The van der Waals surface area contributed by atoms with Crippen molar-refractivity contribution in [2.45, 2.75) is 24.6 Å². The Morgan fingerprint density at radius 3 is 2.61 bits per heavy atom. The molecule has 0 bridgehead atoms. The molecule has 3 N–H and O–H groups in total. The highest BCUT2D eigenvalue weighted by Crippen LogP contribution is 2.33. The highest BCUT2D eigenvalue weighted by atomic mass is 19.1. The van der Waals surface area contributed by atoms with Crippen LogP contribution in [0.3, 0.4) is 0 Å². The minimum atomic E-state index is -0.578. The second-order valence-electron chi connectivity index (χ2n) is 6.69. The summed E-state index contributed by atoms with van der Waals surface area (Å²) in [7, 11) is 0. The maximum absolute atomic E-state index is 14.0. The van der Waals surface area contributed by atoms with E-state index in [0.29, 0.717) is 6.61 Å². The van der Waals surface area contributed by atoms with Crippen molar-refractivity contribution in [1.29, 1.82) is 0 Å². The van der Waals surface area contributed by atoms with Crippen LogP contribution in [0.15, 0.2) is 29.3 Å². The lowest BCUT2D eigenvalue weighted by molar-refractivity contribution is -0.0466. The first-order chi connectivity index (χ1) is 11.1. The van der Waals surface area contributed by atoms with Gasteiger partial charge in [-0.25, -0.2) is 8.78 Å². The number of hydrogen-bond acceptors (Lipinski definition) is 4. The summed E-state index contributed by atoms with van der Waals surface area (Å²) in [6.45, 7) is 4.37. The smallest absolute Gasteiger partial charge is 0.129 e. The molecular formula is C17H21F2N3O. The van der Waals surface area contributed by atoms with Crippen molar-refractivity contribution < 1.29 is 13.5 Å². The van der Waals surface area contributed by atoms with Crippen LogP contribution < -0.4 is 11.1 Å². The molecule has 3 aliphatic rings. The first kappa shape index (κ1) is 15.2. The predicted octanol–water partition coefficient (Wildman–Crippen LogP) is 1.34. The minimum absolute atomic E-state index is 0.224. The van der Waals surface area contributed by atoms with Crippen LogP contribution in [0.25, 0.3) is 0 Å². The quantitative estimate of drug-likeness (QED) is 0.807. The van der Waals surface area contributed by atoms with Crippen molar-refractivity contribution in [3.8, 4) is 0 Å². The molecule has 0 saturated carbocycles. The number of halogens is 2. The zero-order chi connectivity index (χ0) is 16.0. The van der Waals surface area contributed by atoms with Gasteiger partial charge < -0.3 is 15.8 Å². The van der Waals surface area contributed by atoms with Gasteiger partial charge in [0, 0.05) is 43.8 Å². The third-order valence-corrected chi connectivity index (χ3v) is 5.15. The van der Waals surface area contributed by atoms with E-state index in [1.165, 1.54) is 17.2 Å². The minimum Gasteiger partial charge on any atom is -0.370 e. The molecule has 1 aromatic carbocycles. The fourth-order valence-electron chi connectivity index (χ4n) is 3.91. The van der Waals surface area contributed by atoms with E-state index in [2.05, 4.69) is 10.2 Å². The van der Waals surface area contributed by atoms with Crippen molar-refractivity contribution in [1.82, 2.24) is 10.2 Å². The van der Waals surface area contributed by atoms with Gasteiger partial charge in [-0.15, -0.1) is 0 Å². The maximum Gasteiger partial charge on any atom is 0.129 e. The molecule has 1 aromatic rings. The summed E-state index contributed by atoms with van der Waals surface area (Å²) in [4.78, 5) is 2.39. The summed E-state index contributed by atoms with van der Waals surface area (Å²) < 4.78 is 33.2. The first-order valence-corrected chi connectivity index (χ1v) is 8.08. The number of rotatable bonds is 2. The van der Waals surface area contributed by atoms with Crippen LogP contribution in [0.1, 0.15) is 18.1 Å². The topological polar surface area (TPSA) is 50.5 Å². The highest BCUT2D eigenvalue weighted by Gasteiger charge is 2.37. The van der Waals surface area contributed by atoms with E-state index in [0.717, 1.165) is 44.7 Å². The van der Waals surface area contributed by atoms with Crippen LogP contribution >= 0.6 is 0 Å². The Balaban J connectivity index is 1.43. The summed E-state index contributed by atoms with van der Waals surface area (Å²) in [6, 6.07) is 3.34. The van der Waals surface area contributed by atoms with E-state index in [9.17, 15) is 8.78 Å². The lowest BCUT2D eigenvalue weighted by Gasteiger charge is -2.39. The van der Waals surface area contributed by atoms with Gasteiger partial charge in [-0.1, -0.05) is 0 Å². The molecule has 3 atom stereocenters. The van der Waals surface area contributed by atoms with Gasteiger partial charge in [-0.05, 0) is 35.8 Å². The summed E-state index contributed by atoms with van der Waals surface area (Å²) in [5, 5.41) is 3.36. The highest BCUT2D eigenvalue weighted by molar-refractivity contribution is 5.30. The van der Waals surface area contributed by atoms with E-state index in [1.54, 1.807) is 0 Å². The van der Waals surface area contributed by atoms with Gasteiger partial charge in [0.2, 0.25) is 0 Å². The predicted molar refractivity (Wildman–Crippen MR) is 82.9 cm³/mol. The summed E-state index contributed by atoms with van der Waals surface area (Å²) in [5.74, 6) is -0.926. The van der Waals surface area contributed by atoms with Crippen molar-refractivity contribution in [3.05, 3.63) is 46.5 Å². The number of nitrogens with zero attached hydrogens (tertiary/aromatic N) is 1. The molecule has 3 unspecified atom stereocenters. The van der Waals surface area contributed by atoms with Crippen LogP contribution in [0.5, 0.6) is 0 Å². The van der Waals surface area contributed by atoms with E-state index < -0.39 is 17.7 Å². The molecule has 1 saturated heterocycles. The van der Waals surface area contributed by atoms with Crippen molar-refractivity contribution >= 4 is 0 Å². The molecule has 0 radical (unpaired) electrons. The zero-order valence-corrected chi connectivity index (χ0v) is 12.9. The molecule has 0 spiro atoms. The molecule has 0 amide bonds. The van der Waals surface area contributed by atoms with Gasteiger partial charge in [0.1, 0.15) is 17.7 Å². The molecule has 3 aliphatic heterocycles. The molecule has 1 fully saturated rings. The Kier molecular flexibility index (Phi) is 3.93. The molecule has 4 rings (SSSR count). The van der Waals surface area contributed by atoms with Crippen molar-refractivity contribution in [2.24, 2.45) is 5.73 Å². The second-order valence-corrected chi connectivity index (χ2v) is 6.69. The van der Waals surface area contributed by atoms with Gasteiger partial charge in [0.25, 0.3) is 0 Å². The molecule has 124 valence electrons. The summed E-state index contributed by atoms with van der Waals surface area (Å²) in [5.41, 5.74) is 9.43. The molecule has 23 heavy (non-hydrogen) atoms. The Morgan fingerprint density at radius 2 is 1.91 bits per heavy atom. The Bertz CT molecular complexity index is 633. The second kappa shape index (κ2) is 5.94. The summed E-state index contributed by atoms with van der Waals surface area (Å²) in [6.07, 6.45) is 0.153. The third kappa shape index (κ3) is 2.80. The first-order valence-electron chi connectivity index (χ1n) is 8.08. The number of benzene rings is 1. The van der Waals surface area contributed by atoms with Gasteiger partial charge in [-0.2, -0.15) is 0 Å². The number of nitrogens with two attached hydrogens (primary N) is 1. The van der Waals surface area contributed by atoms with E-state index >= 15 is 0 Å². The SMILES string of the molecule is NC1CC(N2CC3=C(CNC3)C2)COC1c1cc(F)ccc1F. The average Bonchev–Trinajstić information content (AvgIpc) is 3.11. The number of ether oxygens (including phenoxy) is 1. The van der Waals surface area contributed by atoms with E-state index in [-0.39, 0.29) is 17.6 Å². The maximum atomic E-state index is 14.0. The number of nitrogens with one attached hydrogen (secondary N) is 1. The molecule has 3 heterocycles. The Labute approximate surface area is 134 Å². The van der Waals surface area contributed by atoms with Gasteiger partial charge in [0.05, 0.1) is 6.61 Å². The van der Waals surface area contributed by atoms with Crippen LogP contribution in [-0.2, 0) is 4.74 Å². The lowest BCUT2D eigenvalue weighted by Crippen LogP contribution is -2.49. The number of hydrogen-bond donors (Lipinski definition) is 2. The van der Waals surface area contributed by atoms with Crippen molar-refractivity contribution in [2.75, 3.05) is 32.8 Å². The van der Waals surface area contributed by atoms with Crippen LogP contribution in [0.4, 0.5) is 8.78 Å². The van der Waals surface area contributed by atoms with Gasteiger partial charge in [0.15, 0.2) is 0 Å². The normalized spacial score (nSPS) is 31.7. The van der Waals surface area contributed by atoms with Crippen LogP contribution in [-0.4, -0.2) is 49.8 Å². The van der Waals surface area contributed by atoms with E-state index in [4.69, 9.17) is 10.5 Å². The standard InChI is InChI=1S/C17H21F2N3O/c18-12-1-2-15(19)14(3-12)17-16(20)4-13(9-23-17)22-7-10-5-21-6-11(10)8-22/h1-3,13,16-17,21H,4-9,20H2. The van der Waals surface area contributed by atoms with Crippen molar-refractivity contribution in [3.63, 3.8) is 0 Å². The lowest BCUT2D eigenvalue weighted by atomic mass is 9.93. The van der Waals surface area contributed by atoms with Crippen LogP contribution in [0.2, 0.25) is 0 Å². The fourth-order valence-corrected chi connectivity index (χ4v) is 3.91. The largest absolute Gasteiger partial charge is 0.370 e. The molecule has 4 nitrogen and oxygen atoms in total. The van der Waals surface area contributed by atoms with Crippen LogP contribution in [0, 0.1) is 11.6 Å². The Hall–Kier alpha value is -1.34. The van der Waals surface area contributed by atoms with Gasteiger partial charge in [-0.3, -0.25) is 4.90 Å². The molecule has 6 heteroatoms.